The van der Waals surface area contributed by atoms with E-state index >= 15 is 0 Å². The van der Waals surface area contributed by atoms with E-state index in [4.69, 9.17) is 35.7 Å². The Morgan fingerprint density at radius 2 is 1.28 bits per heavy atom. The summed E-state index contributed by atoms with van der Waals surface area (Å²) < 4.78 is 0. The molecule has 0 heterocycles. The van der Waals surface area contributed by atoms with Crippen LogP contribution in [0.15, 0.2) is 0 Å². The van der Waals surface area contributed by atoms with Gasteiger partial charge in [0.25, 0.3) is 0 Å². The van der Waals surface area contributed by atoms with Gasteiger partial charge in [-0.25, -0.2) is 0 Å². The third-order valence-corrected chi connectivity index (χ3v) is 1.98. The van der Waals surface area contributed by atoms with Gasteiger partial charge in [0.15, 0.2) is 0 Å². The van der Waals surface area contributed by atoms with Crippen LogP contribution in [0.2, 0.25) is 0 Å². The molecule has 0 unspecified atom stereocenters. The largest absolute Gasteiger partial charge is 0.481 e. The molecule has 0 rings (SSSR count). The van der Waals surface area contributed by atoms with E-state index in [0.717, 1.165) is 6.42 Å². The molecule has 18 heavy (non-hydrogen) atoms. The first-order valence-corrected chi connectivity index (χ1v) is 5.47. The smallest absolute Gasteiger partial charge is 0.303 e. The number of aliphatic carboxylic acids is 1. The highest BCUT2D eigenvalue weighted by Crippen LogP contribution is 2.03. The summed E-state index contributed by atoms with van der Waals surface area (Å²) in [5.74, 6) is -0.711. The van der Waals surface area contributed by atoms with Crippen molar-refractivity contribution in [2.24, 2.45) is 0 Å². The van der Waals surface area contributed by atoms with Crippen molar-refractivity contribution in [3.05, 3.63) is 0 Å². The van der Waals surface area contributed by atoms with Gasteiger partial charge in [-0.05, 0) is 6.42 Å². The van der Waals surface area contributed by atoms with Crippen molar-refractivity contribution in [2.75, 3.05) is 13.2 Å². The van der Waals surface area contributed by atoms with Crippen LogP contribution in [0.3, 0.4) is 0 Å². The zero-order chi connectivity index (χ0) is 14.7. The highest BCUT2D eigenvalue weighted by atomic mass is 16.4. The zero-order valence-electron chi connectivity index (χ0n) is 10.2. The molecule has 8 heteroatoms. The normalized spacial score (nSPS) is 17.1. The molecule has 0 fully saturated rings. The SMILES string of the molecule is CCCC(=O)O.OC[C@@H](O)[C@@H](O)[C@H](O)[C@H](O)CO. The Hall–Kier alpha value is -0.770. The number of carboxylic acids is 1. The molecule has 4 atom stereocenters. The van der Waals surface area contributed by atoms with Crippen molar-refractivity contribution in [3.63, 3.8) is 0 Å². The lowest BCUT2D eigenvalue weighted by atomic mass is 10.0. The van der Waals surface area contributed by atoms with E-state index in [2.05, 4.69) is 0 Å². The number of rotatable bonds is 7. The first-order valence-electron chi connectivity index (χ1n) is 5.47. The van der Waals surface area contributed by atoms with Gasteiger partial charge in [0, 0.05) is 6.42 Å². The van der Waals surface area contributed by atoms with Crippen LogP contribution in [0.4, 0.5) is 0 Å². The van der Waals surface area contributed by atoms with Crippen molar-refractivity contribution >= 4 is 5.97 Å². The second kappa shape index (κ2) is 11.3. The summed E-state index contributed by atoms with van der Waals surface area (Å²) in [6, 6.07) is 0. The topological polar surface area (TPSA) is 159 Å². The molecule has 0 saturated heterocycles. The van der Waals surface area contributed by atoms with Crippen LogP contribution in [0.1, 0.15) is 19.8 Å². The van der Waals surface area contributed by atoms with Crippen molar-refractivity contribution in [2.45, 2.75) is 44.2 Å². The van der Waals surface area contributed by atoms with Gasteiger partial charge in [-0.15, -0.1) is 0 Å². The van der Waals surface area contributed by atoms with Crippen LogP contribution < -0.4 is 0 Å². The highest BCUT2D eigenvalue weighted by Gasteiger charge is 2.29. The molecule has 0 amide bonds. The lowest BCUT2D eigenvalue weighted by Crippen LogP contribution is -2.46. The minimum atomic E-state index is -1.67. The minimum absolute atomic E-state index is 0.292. The van der Waals surface area contributed by atoms with Gasteiger partial charge in [0.05, 0.1) is 13.2 Å². The molecule has 8 nitrogen and oxygen atoms in total. The van der Waals surface area contributed by atoms with Gasteiger partial charge < -0.3 is 35.7 Å². The van der Waals surface area contributed by atoms with Gasteiger partial charge >= 0.3 is 5.97 Å². The molecule has 0 aromatic heterocycles. The molecule has 0 aliphatic carbocycles. The lowest BCUT2D eigenvalue weighted by Gasteiger charge is -2.24. The third kappa shape index (κ3) is 9.28. The molecule has 0 spiro atoms. The molecule has 0 aliphatic heterocycles. The summed E-state index contributed by atoms with van der Waals surface area (Å²) in [7, 11) is 0. The minimum Gasteiger partial charge on any atom is -0.481 e. The Morgan fingerprint density at radius 1 is 0.944 bits per heavy atom. The number of hydrogen-bond donors (Lipinski definition) is 7. The van der Waals surface area contributed by atoms with E-state index in [1.54, 1.807) is 0 Å². The fraction of sp³-hybridized carbons (Fsp3) is 0.900. The molecule has 0 radical (unpaired) electrons. The van der Waals surface area contributed by atoms with E-state index in [9.17, 15) is 4.79 Å². The summed E-state index contributed by atoms with van der Waals surface area (Å²) in [6.07, 6.45) is -5.37. The van der Waals surface area contributed by atoms with Crippen LogP contribution >= 0.6 is 0 Å². The average Bonchev–Trinajstić information content (AvgIpc) is 2.35. The monoisotopic (exact) mass is 270 g/mol. The van der Waals surface area contributed by atoms with Crippen LogP contribution in [0, 0.1) is 0 Å². The third-order valence-electron chi connectivity index (χ3n) is 1.98. The predicted octanol–water partition coefficient (Wildman–Crippen LogP) is -2.71. The van der Waals surface area contributed by atoms with Gasteiger partial charge in [-0.2, -0.15) is 0 Å². The summed E-state index contributed by atoms with van der Waals surface area (Å²) in [5.41, 5.74) is 0. The number of aliphatic hydroxyl groups excluding tert-OH is 6. The molecule has 0 aliphatic rings. The average molecular weight is 270 g/mol. The van der Waals surface area contributed by atoms with Crippen LogP contribution in [-0.4, -0.2) is 79.3 Å². The molecule has 0 saturated carbocycles. The van der Waals surface area contributed by atoms with Gasteiger partial charge in [-0.1, -0.05) is 6.92 Å². The van der Waals surface area contributed by atoms with Crippen molar-refractivity contribution in [1.82, 2.24) is 0 Å². The highest BCUT2D eigenvalue weighted by molar-refractivity contribution is 5.66. The van der Waals surface area contributed by atoms with Crippen LogP contribution in [0.25, 0.3) is 0 Å². The fourth-order valence-corrected chi connectivity index (χ4v) is 0.885. The Balaban J connectivity index is 0. The standard InChI is InChI=1S/C6H14O6.C4H8O2/c7-1-3(9)5(11)6(12)4(10)2-8;1-2-3-4(5)6/h3-12H,1-2H2;2-3H2,1H3,(H,5,6)/t3-,4-,5-,6-;/m1./s1. The summed E-state index contributed by atoms with van der Waals surface area (Å²) in [5, 5.41) is 60.1. The number of carboxylic acid groups (broad SMARTS) is 1. The number of carbonyl (C=O) groups is 1. The van der Waals surface area contributed by atoms with Crippen LogP contribution in [-0.2, 0) is 4.79 Å². The van der Waals surface area contributed by atoms with Crippen molar-refractivity contribution in [1.29, 1.82) is 0 Å². The van der Waals surface area contributed by atoms with E-state index in [1.807, 2.05) is 6.92 Å². The maximum atomic E-state index is 9.60. The van der Waals surface area contributed by atoms with Gasteiger partial charge in [-0.3, -0.25) is 4.79 Å². The number of hydrogen-bond acceptors (Lipinski definition) is 7. The van der Waals surface area contributed by atoms with Gasteiger partial charge in [0.1, 0.15) is 24.4 Å². The van der Waals surface area contributed by atoms with E-state index in [0.29, 0.717) is 6.42 Å². The van der Waals surface area contributed by atoms with E-state index in [1.165, 1.54) is 0 Å². The Labute approximate surface area is 105 Å². The van der Waals surface area contributed by atoms with E-state index in [-0.39, 0.29) is 0 Å². The summed E-state index contributed by atoms with van der Waals surface area (Å²) in [6.45, 7) is 0.390. The maximum absolute atomic E-state index is 9.60. The molecule has 0 aromatic rings. The van der Waals surface area contributed by atoms with Crippen LogP contribution in [0.5, 0.6) is 0 Å². The first-order chi connectivity index (χ1) is 8.31. The van der Waals surface area contributed by atoms with Crippen molar-refractivity contribution < 1.29 is 40.5 Å². The predicted molar refractivity (Wildman–Crippen MR) is 60.7 cm³/mol. The molecule has 0 aromatic carbocycles. The Bertz CT molecular complexity index is 196. The summed E-state index contributed by atoms with van der Waals surface area (Å²) in [4.78, 5) is 9.60. The Kier molecular flexibility index (Phi) is 12.3. The second-order valence-electron chi connectivity index (χ2n) is 3.62. The van der Waals surface area contributed by atoms with E-state index < -0.39 is 43.6 Å². The zero-order valence-corrected chi connectivity index (χ0v) is 10.2. The lowest BCUT2D eigenvalue weighted by molar-refractivity contribution is -0.137. The molecule has 0 bridgehead atoms. The second-order valence-corrected chi connectivity index (χ2v) is 3.62. The maximum Gasteiger partial charge on any atom is 0.303 e. The molecule has 110 valence electrons. The quantitative estimate of drug-likeness (QED) is 0.263. The fourth-order valence-electron chi connectivity index (χ4n) is 0.885. The first kappa shape index (κ1) is 19.6. The molecule has 7 N–H and O–H groups in total. The van der Waals surface area contributed by atoms with Gasteiger partial charge in [0.2, 0.25) is 0 Å². The summed E-state index contributed by atoms with van der Waals surface area (Å²) >= 11 is 0. The number of aliphatic hydroxyl groups is 6. The molecular formula is C10H22O8. The molecular weight excluding hydrogens is 248 g/mol. The Morgan fingerprint density at radius 3 is 1.39 bits per heavy atom. The van der Waals surface area contributed by atoms with Crippen molar-refractivity contribution in [3.8, 4) is 0 Å².